The molecular weight excluding hydrogens is 296 g/mol. The van der Waals surface area contributed by atoms with Crippen LogP contribution >= 0.6 is 0 Å². The summed E-state index contributed by atoms with van der Waals surface area (Å²) in [7, 11) is -2.13. The molecule has 0 fully saturated rings. The smallest absolute Gasteiger partial charge is 0.335 e. The fraction of sp³-hybridized carbons (Fsp3) is 0.385. The second kappa shape index (κ2) is 7.19. The number of nitrogens with zero attached hydrogens (tertiary/aromatic N) is 1. The molecule has 0 atom stereocenters. The summed E-state index contributed by atoms with van der Waals surface area (Å²) in [6.07, 6.45) is 0. The number of carbonyl (C=O) groups excluding carboxylic acids is 1. The van der Waals surface area contributed by atoms with Crippen molar-refractivity contribution in [2.45, 2.75) is 12.7 Å². The van der Waals surface area contributed by atoms with E-state index in [9.17, 15) is 18.0 Å². The number of sulfonamides is 1. The lowest BCUT2D eigenvalue weighted by Crippen LogP contribution is -2.38. The van der Waals surface area contributed by atoms with Gasteiger partial charge in [-0.1, -0.05) is 12.1 Å². The molecule has 0 aliphatic rings. The third-order valence-corrected chi connectivity index (χ3v) is 4.17. The number of rotatable bonds is 7. The molecule has 8 heteroatoms. The third kappa shape index (κ3) is 5.52. The number of carboxylic acids is 1. The Kier molecular flexibility index (Phi) is 5.86. The van der Waals surface area contributed by atoms with Gasteiger partial charge in [-0.15, -0.1) is 0 Å². The standard InChI is InChI=1S/C13H18N2O5S/c1-3-15(2)12(16)8-14-21(19,20)9-10-5-4-6-11(7-10)13(17)18/h4-7,14H,3,8-9H2,1-2H3,(H,17,18). The lowest BCUT2D eigenvalue weighted by molar-refractivity contribution is -0.128. The zero-order valence-corrected chi connectivity index (χ0v) is 12.7. The molecule has 0 saturated carbocycles. The average molecular weight is 314 g/mol. The first kappa shape index (κ1) is 17.1. The summed E-state index contributed by atoms with van der Waals surface area (Å²) in [5.74, 6) is -1.83. The maximum Gasteiger partial charge on any atom is 0.335 e. The van der Waals surface area contributed by atoms with Crippen LogP contribution in [0.4, 0.5) is 0 Å². The molecule has 0 heterocycles. The highest BCUT2D eigenvalue weighted by Crippen LogP contribution is 2.08. The van der Waals surface area contributed by atoms with Crippen molar-refractivity contribution in [1.29, 1.82) is 0 Å². The molecule has 21 heavy (non-hydrogen) atoms. The van der Waals surface area contributed by atoms with E-state index in [1.165, 1.54) is 29.2 Å². The van der Waals surface area contributed by atoms with Crippen molar-refractivity contribution < 1.29 is 23.1 Å². The number of carbonyl (C=O) groups is 2. The molecule has 0 spiro atoms. The lowest BCUT2D eigenvalue weighted by atomic mass is 10.1. The molecule has 1 aromatic rings. The second-order valence-corrected chi connectivity index (χ2v) is 6.30. The summed E-state index contributed by atoms with van der Waals surface area (Å²) >= 11 is 0. The van der Waals surface area contributed by atoms with Crippen LogP contribution in [0.15, 0.2) is 24.3 Å². The molecule has 0 unspecified atom stereocenters. The van der Waals surface area contributed by atoms with Gasteiger partial charge in [0.1, 0.15) is 0 Å². The minimum absolute atomic E-state index is 0.0180. The molecule has 1 rings (SSSR count). The predicted octanol–water partition coefficient (Wildman–Crippen LogP) is 0.283. The Morgan fingerprint density at radius 2 is 2.00 bits per heavy atom. The zero-order chi connectivity index (χ0) is 16.0. The molecule has 1 aromatic carbocycles. The van der Waals surface area contributed by atoms with E-state index >= 15 is 0 Å². The normalized spacial score (nSPS) is 11.1. The van der Waals surface area contributed by atoms with Gasteiger partial charge in [0.2, 0.25) is 15.9 Å². The number of aromatic carboxylic acids is 1. The molecule has 0 aliphatic heterocycles. The molecule has 2 N–H and O–H groups in total. The maximum atomic E-state index is 11.9. The SMILES string of the molecule is CCN(C)C(=O)CNS(=O)(=O)Cc1cccc(C(=O)O)c1. The maximum absolute atomic E-state index is 11.9. The monoisotopic (exact) mass is 314 g/mol. The summed E-state index contributed by atoms with van der Waals surface area (Å²) in [6, 6.07) is 5.67. The fourth-order valence-electron chi connectivity index (χ4n) is 1.55. The van der Waals surface area contributed by atoms with Crippen molar-refractivity contribution in [3.63, 3.8) is 0 Å². The largest absolute Gasteiger partial charge is 0.478 e. The van der Waals surface area contributed by atoms with Crippen LogP contribution in [-0.2, 0) is 20.6 Å². The average Bonchev–Trinajstić information content (AvgIpc) is 2.43. The molecule has 7 nitrogen and oxygen atoms in total. The minimum Gasteiger partial charge on any atom is -0.478 e. The highest BCUT2D eigenvalue weighted by Gasteiger charge is 2.15. The van der Waals surface area contributed by atoms with Crippen LogP contribution < -0.4 is 4.72 Å². The van der Waals surface area contributed by atoms with Gasteiger partial charge in [0.15, 0.2) is 0 Å². The van der Waals surface area contributed by atoms with Crippen molar-refractivity contribution in [3.8, 4) is 0 Å². The van der Waals surface area contributed by atoms with Gasteiger partial charge in [0, 0.05) is 13.6 Å². The fourth-order valence-corrected chi connectivity index (χ4v) is 2.61. The van der Waals surface area contributed by atoms with E-state index in [0.29, 0.717) is 12.1 Å². The quantitative estimate of drug-likeness (QED) is 0.752. The minimum atomic E-state index is -3.70. The van der Waals surface area contributed by atoms with Crippen LogP contribution in [0.3, 0.4) is 0 Å². The number of benzene rings is 1. The number of hydrogen-bond acceptors (Lipinski definition) is 4. The van der Waals surface area contributed by atoms with Gasteiger partial charge in [-0.25, -0.2) is 17.9 Å². The predicted molar refractivity (Wildman–Crippen MR) is 77.3 cm³/mol. The second-order valence-electron chi connectivity index (χ2n) is 4.49. The number of amides is 1. The van der Waals surface area contributed by atoms with Crippen molar-refractivity contribution in [1.82, 2.24) is 9.62 Å². The summed E-state index contributed by atoms with van der Waals surface area (Å²) in [4.78, 5) is 23.8. The van der Waals surface area contributed by atoms with Gasteiger partial charge in [-0.2, -0.15) is 0 Å². The van der Waals surface area contributed by atoms with Gasteiger partial charge in [-0.3, -0.25) is 4.79 Å². The molecule has 116 valence electrons. The highest BCUT2D eigenvalue weighted by atomic mass is 32.2. The van der Waals surface area contributed by atoms with Crippen molar-refractivity contribution >= 4 is 21.9 Å². The number of hydrogen-bond donors (Lipinski definition) is 2. The molecule has 0 saturated heterocycles. The topological polar surface area (TPSA) is 104 Å². The highest BCUT2D eigenvalue weighted by molar-refractivity contribution is 7.88. The third-order valence-electron chi connectivity index (χ3n) is 2.87. The van der Waals surface area contributed by atoms with E-state index in [4.69, 9.17) is 5.11 Å². The Balaban J connectivity index is 2.70. The lowest BCUT2D eigenvalue weighted by Gasteiger charge is -2.14. The number of carboxylic acid groups (broad SMARTS) is 1. The Morgan fingerprint density at radius 3 is 2.57 bits per heavy atom. The Bertz CT molecular complexity index is 627. The van der Waals surface area contributed by atoms with Gasteiger partial charge >= 0.3 is 5.97 Å². The molecule has 0 aliphatic carbocycles. The van der Waals surface area contributed by atoms with Crippen molar-refractivity contribution in [2.75, 3.05) is 20.1 Å². The molecule has 0 aromatic heterocycles. The van der Waals surface area contributed by atoms with Crippen molar-refractivity contribution in [2.24, 2.45) is 0 Å². The Labute approximate surface area is 123 Å². The van der Waals surface area contributed by atoms with E-state index in [1.807, 2.05) is 0 Å². The van der Waals surface area contributed by atoms with E-state index in [0.717, 1.165) is 0 Å². The van der Waals surface area contributed by atoms with Gasteiger partial charge in [0.25, 0.3) is 0 Å². The molecule has 1 amide bonds. The number of likely N-dealkylation sites (N-methyl/N-ethyl adjacent to an activating group) is 1. The summed E-state index contributed by atoms with van der Waals surface area (Å²) in [5, 5.41) is 8.86. The van der Waals surface area contributed by atoms with Gasteiger partial charge in [-0.05, 0) is 24.6 Å². The molecular formula is C13H18N2O5S. The van der Waals surface area contributed by atoms with Crippen molar-refractivity contribution in [3.05, 3.63) is 35.4 Å². The first-order valence-electron chi connectivity index (χ1n) is 6.28. The molecule has 0 radical (unpaired) electrons. The summed E-state index contributed by atoms with van der Waals surface area (Å²) in [5.41, 5.74) is 0.364. The van der Waals surface area contributed by atoms with Crippen LogP contribution in [0.1, 0.15) is 22.8 Å². The van der Waals surface area contributed by atoms with E-state index in [2.05, 4.69) is 4.72 Å². The van der Waals surface area contributed by atoms with Gasteiger partial charge in [0.05, 0.1) is 17.9 Å². The Hall–Kier alpha value is -1.93. The van der Waals surface area contributed by atoms with Crippen LogP contribution in [0.2, 0.25) is 0 Å². The van der Waals surface area contributed by atoms with E-state index < -0.39 is 16.0 Å². The number of nitrogens with one attached hydrogen (secondary N) is 1. The first-order chi connectivity index (χ1) is 9.75. The summed E-state index contributed by atoms with van der Waals surface area (Å²) < 4.78 is 25.9. The van der Waals surface area contributed by atoms with Crippen LogP contribution in [0, 0.1) is 0 Å². The van der Waals surface area contributed by atoms with E-state index in [1.54, 1.807) is 14.0 Å². The molecule has 0 bridgehead atoms. The van der Waals surface area contributed by atoms with Crippen LogP contribution in [0.25, 0.3) is 0 Å². The Morgan fingerprint density at radius 1 is 1.33 bits per heavy atom. The van der Waals surface area contributed by atoms with Crippen LogP contribution in [-0.4, -0.2) is 50.4 Å². The summed E-state index contributed by atoms with van der Waals surface area (Å²) in [6.45, 7) is 1.95. The van der Waals surface area contributed by atoms with Crippen LogP contribution in [0.5, 0.6) is 0 Å². The van der Waals surface area contributed by atoms with E-state index in [-0.39, 0.29) is 23.8 Å². The first-order valence-corrected chi connectivity index (χ1v) is 7.94. The zero-order valence-electron chi connectivity index (χ0n) is 11.9. The van der Waals surface area contributed by atoms with Gasteiger partial charge < -0.3 is 10.0 Å².